The molecule has 3 N–H and O–H groups in total. The average Bonchev–Trinajstić information content (AvgIpc) is 2.70. The zero-order valence-corrected chi connectivity index (χ0v) is 16.3. The Kier molecular flexibility index (Phi) is 6.46. The number of hydrogen-bond acceptors (Lipinski definition) is 5. The van der Waals surface area contributed by atoms with Crippen molar-refractivity contribution in [2.24, 2.45) is 11.7 Å². The van der Waals surface area contributed by atoms with Gasteiger partial charge in [0.1, 0.15) is 11.1 Å². The number of nitrogens with zero attached hydrogens (tertiary/aromatic N) is 2. The number of anilines is 1. The number of piperidine rings is 1. The maximum Gasteiger partial charge on any atom is 0.289 e. The van der Waals surface area contributed by atoms with Crippen molar-refractivity contribution < 1.29 is 14.5 Å². The normalized spacial score (nSPS) is 16.2. The van der Waals surface area contributed by atoms with Gasteiger partial charge in [0.25, 0.3) is 5.69 Å². The standard InChI is InChI=1S/C20H21ClN4O4/c21-16-7-6-15(12-17(16)25(28)29)23-20(27)18(13-4-2-1-3-5-13)24-10-8-14(9-11-24)19(22)26/h1-7,12,14,18H,8-11H2,(H2,22,26)(H,23,27)/t18-/m1/s1. The summed E-state index contributed by atoms with van der Waals surface area (Å²) in [6.45, 7) is 1.09. The number of likely N-dealkylation sites (tertiary alicyclic amines) is 1. The summed E-state index contributed by atoms with van der Waals surface area (Å²) >= 11 is 5.85. The predicted molar refractivity (Wildman–Crippen MR) is 109 cm³/mol. The Morgan fingerprint density at radius 3 is 2.41 bits per heavy atom. The van der Waals surface area contributed by atoms with Gasteiger partial charge in [0.15, 0.2) is 0 Å². The van der Waals surface area contributed by atoms with E-state index in [0.29, 0.717) is 31.6 Å². The zero-order chi connectivity index (χ0) is 21.0. The maximum atomic E-state index is 13.1. The van der Waals surface area contributed by atoms with Crippen LogP contribution in [0, 0.1) is 16.0 Å². The summed E-state index contributed by atoms with van der Waals surface area (Å²) in [5.41, 5.74) is 6.22. The lowest BCUT2D eigenvalue weighted by molar-refractivity contribution is -0.384. The predicted octanol–water partition coefficient (Wildman–Crippen LogP) is 3.13. The number of rotatable bonds is 6. The van der Waals surface area contributed by atoms with Gasteiger partial charge < -0.3 is 11.1 Å². The molecule has 152 valence electrons. The van der Waals surface area contributed by atoms with E-state index in [4.69, 9.17) is 17.3 Å². The zero-order valence-electron chi connectivity index (χ0n) is 15.6. The monoisotopic (exact) mass is 416 g/mol. The Balaban J connectivity index is 1.83. The molecule has 0 unspecified atom stereocenters. The highest BCUT2D eigenvalue weighted by atomic mass is 35.5. The molecule has 29 heavy (non-hydrogen) atoms. The molecule has 1 atom stereocenters. The average molecular weight is 417 g/mol. The van der Waals surface area contributed by atoms with Gasteiger partial charge in [-0.2, -0.15) is 0 Å². The summed E-state index contributed by atoms with van der Waals surface area (Å²) < 4.78 is 0. The van der Waals surface area contributed by atoms with Gasteiger partial charge in [0, 0.05) is 17.7 Å². The van der Waals surface area contributed by atoms with Crippen LogP contribution >= 0.6 is 11.6 Å². The molecule has 3 rings (SSSR count). The van der Waals surface area contributed by atoms with Gasteiger partial charge in [-0.15, -0.1) is 0 Å². The van der Waals surface area contributed by atoms with Crippen molar-refractivity contribution in [3.63, 3.8) is 0 Å². The van der Waals surface area contributed by atoms with Gasteiger partial charge in [-0.05, 0) is 43.6 Å². The van der Waals surface area contributed by atoms with E-state index in [-0.39, 0.29) is 28.4 Å². The third-order valence-corrected chi connectivity index (χ3v) is 5.39. The first kappa shape index (κ1) is 20.8. The number of nitrogens with one attached hydrogen (secondary N) is 1. The van der Waals surface area contributed by atoms with Crippen LogP contribution in [0.3, 0.4) is 0 Å². The topological polar surface area (TPSA) is 119 Å². The SMILES string of the molecule is NC(=O)C1CCN([C@@H](C(=O)Nc2ccc(Cl)c([N+](=O)[O-])c2)c2ccccc2)CC1. The van der Waals surface area contributed by atoms with Crippen molar-refractivity contribution >= 4 is 34.8 Å². The van der Waals surface area contributed by atoms with Gasteiger partial charge in [-0.3, -0.25) is 24.6 Å². The summed E-state index contributed by atoms with van der Waals surface area (Å²) in [4.78, 5) is 37.1. The van der Waals surface area contributed by atoms with Crippen LogP contribution in [0.1, 0.15) is 24.4 Å². The van der Waals surface area contributed by atoms with Crippen LogP contribution in [0.25, 0.3) is 0 Å². The molecule has 0 aromatic heterocycles. The van der Waals surface area contributed by atoms with Crippen molar-refractivity contribution in [2.75, 3.05) is 18.4 Å². The number of primary amides is 1. The molecule has 0 radical (unpaired) electrons. The number of carbonyl (C=O) groups excluding carboxylic acids is 2. The van der Waals surface area contributed by atoms with Crippen LogP contribution in [0.5, 0.6) is 0 Å². The Labute approximate surface area is 172 Å². The van der Waals surface area contributed by atoms with Crippen LogP contribution in [0.2, 0.25) is 5.02 Å². The molecule has 0 bridgehead atoms. The van der Waals surface area contributed by atoms with E-state index in [9.17, 15) is 19.7 Å². The first-order chi connectivity index (χ1) is 13.9. The molecule has 2 aromatic rings. The van der Waals surface area contributed by atoms with Crippen LogP contribution < -0.4 is 11.1 Å². The molecule has 0 aliphatic carbocycles. The molecule has 1 fully saturated rings. The van der Waals surface area contributed by atoms with Crippen LogP contribution in [-0.4, -0.2) is 34.7 Å². The molecule has 9 heteroatoms. The van der Waals surface area contributed by atoms with Crippen LogP contribution in [0.15, 0.2) is 48.5 Å². The van der Waals surface area contributed by atoms with Gasteiger partial charge in [0.05, 0.1) is 4.92 Å². The Bertz CT molecular complexity index is 914. The fourth-order valence-electron chi connectivity index (χ4n) is 3.55. The van der Waals surface area contributed by atoms with Crippen molar-refractivity contribution in [1.82, 2.24) is 4.90 Å². The minimum atomic E-state index is -0.597. The molecule has 1 heterocycles. The van der Waals surface area contributed by atoms with Gasteiger partial charge in [-0.1, -0.05) is 41.9 Å². The second-order valence-electron chi connectivity index (χ2n) is 6.94. The second kappa shape index (κ2) is 9.02. The molecular weight excluding hydrogens is 396 g/mol. The third-order valence-electron chi connectivity index (χ3n) is 5.07. The lowest BCUT2D eigenvalue weighted by Crippen LogP contribution is -2.44. The lowest BCUT2D eigenvalue weighted by atomic mass is 9.93. The van der Waals surface area contributed by atoms with E-state index < -0.39 is 11.0 Å². The summed E-state index contributed by atoms with van der Waals surface area (Å²) in [6.07, 6.45) is 1.16. The lowest BCUT2D eigenvalue weighted by Gasteiger charge is -2.36. The Morgan fingerprint density at radius 1 is 1.17 bits per heavy atom. The number of benzene rings is 2. The molecule has 1 saturated heterocycles. The number of nitrogens with two attached hydrogens (primary N) is 1. The van der Waals surface area contributed by atoms with E-state index in [0.717, 1.165) is 5.56 Å². The first-order valence-electron chi connectivity index (χ1n) is 9.20. The van der Waals surface area contributed by atoms with E-state index in [1.165, 1.54) is 18.2 Å². The number of hydrogen-bond donors (Lipinski definition) is 2. The fourth-order valence-corrected chi connectivity index (χ4v) is 3.73. The van der Waals surface area contributed by atoms with Gasteiger partial charge in [-0.25, -0.2) is 0 Å². The van der Waals surface area contributed by atoms with Crippen molar-refractivity contribution in [3.8, 4) is 0 Å². The van der Waals surface area contributed by atoms with Crippen LogP contribution in [-0.2, 0) is 9.59 Å². The molecular formula is C20H21ClN4O4. The Hall–Kier alpha value is -2.97. The molecule has 1 aliphatic heterocycles. The van der Waals surface area contributed by atoms with E-state index >= 15 is 0 Å². The smallest absolute Gasteiger partial charge is 0.289 e. The van der Waals surface area contributed by atoms with Crippen molar-refractivity contribution in [2.45, 2.75) is 18.9 Å². The minimum absolute atomic E-state index is 0.00105. The molecule has 2 amide bonds. The van der Waals surface area contributed by atoms with Gasteiger partial charge in [0.2, 0.25) is 11.8 Å². The highest BCUT2D eigenvalue weighted by molar-refractivity contribution is 6.32. The molecule has 0 spiro atoms. The highest BCUT2D eigenvalue weighted by Gasteiger charge is 2.32. The largest absolute Gasteiger partial charge is 0.369 e. The number of nitro groups is 1. The quantitative estimate of drug-likeness (QED) is 0.554. The van der Waals surface area contributed by atoms with Crippen molar-refractivity contribution in [3.05, 3.63) is 69.2 Å². The van der Waals surface area contributed by atoms with Crippen molar-refractivity contribution in [1.29, 1.82) is 0 Å². The number of amides is 2. The summed E-state index contributed by atoms with van der Waals surface area (Å²) in [5.74, 6) is -0.825. The molecule has 1 aliphatic rings. The number of halogens is 1. The molecule has 8 nitrogen and oxygen atoms in total. The maximum absolute atomic E-state index is 13.1. The molecule has 2 aromatic carbocycles. The highest BCUT2D eigenvalue weighted by Crippen LogP contribution is 2.30. The fraction of sp³-hybridized carbons (Fsp3) is 0.300. The summed E-state index contributed by atoms with van der Waals surface area (Å²) in [6, 6.07) is 12.8. The van der Waals surface area contributed by atoms with E-state index in [1.54, 1.807) is 0 Å². The molecule has 0 saturated carbocycles. The van der Waals surface area contributed by atoms with E-state index in [1.807, 2.05) is 35.2 Å². The third kappa shape index (κ3) is 4.90. The number of nitro benzene ring substituents is 1. The first-order valence-corrected chi connectivity index (χ1v) is 9.57. The number of carbonyl (C=O) groups is 2. The summed E-state index contributed by atoms with van der Waals surface area (Å²) in [5, 5.41) is 13.9. The minimum Gasteiger partial charge on any atom is -0.369 e. The second-order valence-corrected chi connectivity index (χ2v) is 7.35. The Morgan fingerprint density at radius 2 is 1.83 bits per heavy atom. The summed E-state index contributed by atoms with van der Waals surface area (Å²) in [7, 11) is 0. The van der Waals surface area contributed by atoms with E-state index in [2.05, 4.69) is 5.32 Å². The van der Waals surface area contributed by atoms with Gasteiger partial charge >= 0.3 is 0 Å². The van der Waals surface area contributed by atoms with Crippen LogP contribution in [0.4, 0.5) is 11.4 Å².